The van der Waals surface area contributed by atoms with Crippen LogP contribution in [0, 0.1) is 0 Å². The highest BCUT2D eigenvalue weighted by Gasteiger charge is 2.12. The molecule has 0 aliphatic rings. The van der Waals surface area contributed by atoms with E-state index in [-0.39, 0.29) is 11.6 Å². The average molecular weight is 272 g/mol. The van der Waals surface area contributed by atoms with Gasteiger partial charge < -0.3 is 14.5 Å². The number of aromatic nitrogens is 1. The second-order valence-electron chi connectivity index (χ2n) is 3.54. The van der Waals surface area contributed by atoms with E-state index in [9.17, 15) is 9.59 Å². The molecule has 0 spiro atoms. The third-order valence-electron chi connectivity index (χ3n) is 2.36. The number of aromatic carboxylic acids is 1. The minimum absolute atomic E-state index is 0.0722. The number of hydrogen-bond acceptors (Lipinski definition) is 5. The highest BCUT2D eigenvalue weighted by molar-refractivity contribution is 7.99. The van der Waals surface area contributed by atoms with Crippen molar-refractivity contribution in [3.05, 3.63) is 17.5 Å². The molecule has 1 rings (SSSR count). The van der Waals surface area contributed by atoms with Gasteiger partial charge in [-0.25, -0.2) is 4.79 Å². The molecule has 1 heterocycles. The topological polar surface area (TPSA) is 83.6 Å². The molecule has 1 N–H and O–H groups in total. The summed E-state index contributed by atoms with van der Waals surface area (Å²) in [5.41, 5.74) is -0.110. The number of carboxylic acid groups (broad SMARTS) is 1. The van der Waals surface area contributed by atoms with Crippen molar-refractivity contribution in [3.63, 3.8) is 0 Å². The van der Waals surface area contributed by atoms with Crippen LogP contribution in [0.1, 0.15) is 30.1 Å². The summed E-state index contributed by atoms with van der Waals surface area (Å²) < 4.78 is 4.84. The number of hydrogen-bond donors (Lipinski definition) is 1. The first kappa shape index (κ1) is 14.6. The van der Waals surface area contributed by atoms with Crippen molar-refractivity contribution in [2.75, 3.05) is 18.8 Å². The van der Waals surface area contributed by atoms with Crippen LogP contribution < -0.4 is 0 Å². The number of carbonyl (C=O) groups excluding carboxylic acids is 1. The summed E-state index contributed by atoms with van der Waals surface area (Å²) in [5, 5.41) is 12.1. The zero-order valence-electron chi connectivity index (χ0n) is 10.4. The van der Waals surface area contributed by atoms with E-state index in [1.165, 1.54) is 17.8 Å². The smallest absolute Gasteiger partial charge is 0.358 e. The normalized spacial score (nSPS) is 10.3. The van der Waals surface area contributed by atoms with E-state index in [0.717, 1.165) is 0 Å². The van der Waals surface area contributed by atoms with E-state index in [2.05, 4.69) is 5.16 Å². The summed E-state index contributed by atoms with van der Waals surface area (Å²) in [6, 6.07) is 1.37. The maximum Gasteiger partial charge on any atom is 0.358 e. The van der Waals surface area contributed by atoms with Gasteiger partial charge in [0, 0.05) is 19.2 Å². The molecule has 1 amide bonds. The molecule has 100 valence electrons. The van der Waals surface area contributed by atoms with Gasteiger partial charge in [-0.05, 0) is 13.8 Å². The molecule has 0 unspecified atom stereocenters. The van der Waals surface area contributed by atoms with Crippen molar-refractivity contribution in [2.24, 2.45) is 0 Å². The molecule has 0 radical (unpaired) electrons. The van der Waals surface area contributed by atoms with Crippen LogP contribution in [0.15, 0.2) is 10.6 Å². The van der Waals surface area contributed by atoms with Crippen LogP contribution in [0.5, 0.6) is 0 Å². The lowest BCUT2D eigenvalue weighted by molar-refractivity contribution is -0.127. The zero-order valence-corrected chi connectivity index (χ0v) is 11.2. The Bertz CT molecular complexity index is 415. The van der Waals surface area contributed by atoms with Crippen LogP contribution in [0.25, 0.3) is 0 Å². The lowest BCUT2D eigenvalue weighted by Gasteiger charge is -2.17. The lowest BCUT2D eigenvalue weighted by Crippen LogP contribution is -2.31. The second-order valence-corrected chi connectivity index (χ2v) is 4.53. The van der Waals surface area contributed by atoms with E-state index in [1.807, 2.05) is 13.8 Å². The monoisotopic (exact) mass is 272 g/mol. The van der Waals surface area contributed by atoms with Gasteiger partial charge in [0.05, 0.1) is 11.5 Å². The summed E-state index contributed by atoms with van der Waals surface area (Å²) in [5.74, 6) is 0.208. The standard InChI is InChI=1S/C11H16N2O4S/c1-3-13(4-2)10(14)7-18-6-8-5-9(11(15)16)12-17-8/h5H,3-4,6-7H2,1-2H3,(H,15,16). The van der Waals surface area contributed by atoms with E-state index in [1.54, 1.807) is 4.90 Å². The van der Waals surface area contributed by atoms with Crippen LogP contribution in [0.3, 0.4) is 0 Å². The summed E-state index contributed by atoms with van der Waals surface area (Å²) in [4.78, 5) is 24.0. The summed E-state index contributed by atoms with van der Waals surface area (Å²) in [7, 11) is 0. The maximum atomic E-state index is 11.7. The molecule has 0 bridgehead atoms. The van der Waals surface area contributed by atoms with Crippen molar-refractivity contribution in [1.29, 1.82) is 0 Å². The van der Waals surface area contributed by atoms with Crippen molar-refractivity contribution < 1.29 is 19.2 Å². The fraction of sp³-hybridized carbons (Fsp3) is 0.545. The molecule has 0 aliphatic carbocycles. The second kappa shape index (κ2) is 7.05. The first-order valence-electron chi connectivity index (χ1n) is 5.62. The Morgan fingerprint density at radius 2 is 2.11 bits per heavy atom. The molecule has 0 atom stereocenters. The molecule has 1 aromatic rings. The molecule has 0 saturated carbocycles. The van der Waals surface area contributed by atoms with Gasteiger partial charge >= 0.3 is 5.97 Å². The molecule has 18 heavy (non-hydrogen) atoms. The fourth-order valence-electron chi connectivity index (χ4n) is 1.39. The van der Waals surface area contributed by atoms with Gasteiger partial charge in [0.2, 0.25) is 5.91 Å². The van der Waals surface area contributed by atoms with E-state index in [0.29, 0.717) is 30.4 Å². The molecule has 1 aromatic heterocycles. The fourth-order valence-corrected chi connectivity index (χ4v) is 2.18. The molecule has 0 saturated heterocycles. The summed E-state index contributed by atoms with van der Waals surface area (Å²) in [6.07, 6.45) is 0. The highest BCUT2D eigenvalue weighted by atomic mass is 32.2. The molecule has 0 aromatic carbocycles. The predicted octanol–water partition coefficient (Wildman–Crippen LogP) is 1.47. The van der Waals surface area contributed by atoms with Crippen LogP contribution >= 0.6 is 11.8 Å². The van der Waals surface area contributed by atoms with Gasteiger partial charge in [-0.15, -0.1) is 11.8 Å². The number of carboxylic acids is 1. The number of amides is 1. The quantitative estimate of drug-likeness (QED) is 0.809. The van der Waals surface area contributed by atoms with Gasteiger partial charge in [0.25, 0.3) is 0 Å². The van der Waals surface area contributed by atoms with Crippen molar-refractivity contribution in [2.45, 2.75) is 19.6 Å². The minimum atomic E-state index is -1.12. The predicted molar refractivity (Wildman–Crippen MR) is 67.6 cm³/mol. The Morgan fingerprint density at radius 1 is 1.44 bits per heavy atom. The summed E-state index contributed by atoms with van der Waals surface area (Å²) >= 11 is 1.38. The Balaban J connectivity index is 2.37. The van der Waals surface area contributed by atoms with Crippen LogP contribution in [0.4, 0.5) is 0 Å². The van der Waals surface area contributed by atoms with Crippen LogP contribution in [0.2, 0.25) is 0 Å². The first-order chi connectivity index (χ1) is 8.58. The Hall–Kier alpha value is -1.50. The number of nitrogens with zero attached hydrogens (tertiary/aromatic N) is 2. The van der Waals surface area contributed by atoms with Crippen molar-refractivity contribution in [3.8, 4) is 0 Å². The molecular weight excluding hydrogens is 256 g/mol. The average Bonchev–Trinajstić information content (AvgIpc) is 2.79. The third-order valence-corrected chi connectivity index (χ3v) is 3.30. The number of rotatable bonds is 7. The van der Waals surface area contributed by atoms with E-state index in [4.69, 9.17) is 9.63 Å². The lowest BCUT2D eigenvalue weighted by atomic mass is 10.4. The third kappa shape index (κ3) is 4.06. The van der Waals surface area contributed by atoms with E-state index < -0.39 is 5.97 Å². The molecule has 0 fully saturated rings. The molecular formula is C11H16N2O4S. The van der Waals surface area contributed by atoms with Gasteiger partial charge in [-0.2, -0.15) is 0 Å². The number of carbonyl (C=O) groups is 2. The Kier molecular flexibility index (Phi) is 5.70. The van der Waals surface area contributed by atoms with Gasteiger partial charge in [-0.3, -0.25) is 4.79 Å². The van der Waals surface area contributed by atoms with Crippen LogP contribution in [-0.2, 0) is 10.5 Å². The van der Waals surface area contributed by atoms with Gasteiger partial charge in [0.15, 0.2) is 5.69 Å². The number of thioether (sulfide) groups is 1. The van der Waals surface area contributed by atoms with Gasteiger partial charge in [0.1, 0.15) is 5.76 Å². The van der Waals surface area contributed by atoms with Gasteiger partial charge in [-0.1, -0.05) is 5.16 Å². The molecule has 0 aliphatic heterocycles. The maximum absolute atomic E-state index is 11.7. The van der Waals surface area contributed by atoms with Crippen LogP contribution in [-0.4, -0.2) is 45.9 Å². The Labute approximate surface area is 109 Å². The molecule has 6 nitrogen and oxygen atoms in total. The highest BCUT2D eigenvalue weighted by Crippen LogP contribution is 2.14. The summed E-state index contributed by atoms with van der Waals surface area (Å²) in [6.45, 7) is 5.26. The van der Waals surface area contributed by atoms with Crippen molar-refractivity contribution in [1.82, 2.24) is 10.1 Å². The Morgan fingerprint density at radius 3 is 2.61 bits per heavy atom. The molecule has 7 heteroatoms. The SMILES string of the molecule is CCN(CC)C(=O)CSCc1cc(C(=O)O)no1. The minimum Gasteiger partial charge on any atom is -0.476 e. The van der Waals surface area contributed by atoms with Crippen molar-refractivity contribution >= 4 is 23.6 Å². The zero-order chi connectivity index (χ0) is 13.5. The first-order valence-corrected chi connectivity index (χ1v) is 6.78. The van der Waals surface area contributed by atoms with E-state index >= 15 is 0 Å². The largest absolute Gasteiger partial charge is 0.476 e.